The smallest absolute Gasteiger partial charge is 0.170 e. The fourth-order valence-electron chi connectivity index (χ4n) is 2.05. The molecule has 0 atom stereocenters. The number of ketones is 1. The summed E-state index contributed by atoms with van der Waals surface area (Å²) in [6.45, 7) is 5.93. The number of carbonyl (C=O) groups excluding carboxylic acids is 1. The molecule has 17 heavy (non-hydrogen) atoms. The molecule has 0 amide bonds. The molecular weight excluding hydrogens is 212 g/mol. The summed E-state index contributed by atoms with van der Waals surface area (Å²) >= 11 is 0. The average molecular weight is 228 g/mol. The molecule has 0 fully saturated rings. The Balaban J connectivity index is 2.18. The van der Waals surface area contributed by atoms with E-state index in [2.05, 4.69) is 18.2 Å². The van der Waals surface area contributed by atoms with Gasteiger partial charge in [-0.1, -0.05) is 29.3 Å². The van der Waals surface area contributed by atoms with E-state index in [9.17, 15) is 4.79 Å². The molecule has 88 valence electrons. The summed E-state index contributed by atoms with van der Waals surface area (Å²) in [5.41, 5.74) is 4.10. The van der Waals surface area contributed by atoms with Crippen LogP contribution in [0.5, 0.6) is 0 Å². The van der Waals surface area contributed by atoms with Crippen LogP contribution in [0.1, 0.15) is 32.8 Å². The van der Waals surface area contributed by atoms with E-state index in [0.29, 0.717) is 12.0 Å². The largest absolute Gasteiger partial charge is 0.469 e. The van der Waals surface area contributed by atoms with Crippen molar-refractivity contribution in [3.8, 4) is 0 Å². The number of Topliss-reactive ketones (excluding diaryl/α,β-unsaturated/α-hetero) is 1. The molecule has 1 aromatic heterocycles. The van der Waals surface area contributed by atoms with Gasteiger partial charge in [0, 0.05) is 6.42 Å². The lowest BCUT2D eigenvalue weighted by atomic mass is 10.0. The summed E-state index contributed by atoms with van der Waals surface area (Å²) in [6.07, 6.45) is 1.96. The molecule has 2 rings (SSSR count). The van der Waals surface area contributed by atoms with E-state index in [4.69, 9.17) is 4.42 Å². The summed E-state index contributed by atoms with van der Waals surface area (Å²) in [7, 11) is 0. The van der Waals surface area contributed by atoms with Crippen LogP contribution in [0, 0.1) is 20.8 Å². The topological polar surface area (TPSA) is 30.2 Å². The Kier molecular flexibility index (Phi) is 3.14. The van der Waals surface area contributed by atoms with E-state index < -0.39 is 0 Å². The van der Waals surface area contributed by atoms with Crippen LogP contribution in [0.3, 0.4) is 0 Å². The van der Waals surface area contributed by atoms with E-state index in [-0.39, 0.29) is 5.78 Å². The molecule has 0 N–H and O–H groups in total. The fourth-order valence-corrected chi connectivity index (χ4v) is 2.05. The van der Waals surface area contributed by atoms with Crippen molar-refractivity contribution in [2.24, 2.45) is 0 Å². The zero-order valence-corrected chi connectivity index (χ0v) is 10.4. The third kappa shape index (κ3) is 2.84. The number of aryl methyl sites for hydroxylation is 3. The Morgan fingerprint density at radius 1 is 1.06 bits per heavy atom. The van der Waals surface area contributed by atoms with E-state index in [1.807, 2.05) is 20.8 Å². The Morgan fingerprint density at radius 2 is 1.71 bits per heavy atom. The lowest BCUT2D eigenvalue weighted by Gasteiger charge is -2.03. The number of hydrogen-bond acceptors (Lipinski definition) is 2. The first-order valence-corrected chi connectivity index (χ1v) is 5.70. The molecule has 1 aromatic carbocycles. The summed E-state index contributed by atoms with van der Waals surface area (Å²) in [5.74, 6) is 0.876. The minimum Gasteiger partial charge on any atom is -0.469 e. The number of furan rings is 1. The van der Waals surface area contributed by atoms with E-state index in [1.54, 1.807) is 6.07 Å². The Labute approximate surface area is 101 Å². The molecule has 2 aromatic rings. The van der Waals surface area contributed by atoms with Crippen molar-refractivity contribution >= 4 is 5.78 Å². The van der Waals surface area contributed by atoms with Crippen molar-refractivity contribution in [1.82, 2.24) is 0 Å². The Bertz CT molecular complexity index is 530. The predicted octanol–water partition coefficient (Wildman–Crippen LogP) is 3.63. The number of carbonyl (C=O) groups is 1. The van der Waals surface area contributed by atoms with Crippen LogP contribution in [0.25, 0.3) is 0 Å². The molecule has 0 radical (unpaired) electrons. The van der Waals surface area contributed by atoms with Gasteiger partial charge in [-0.2, -0.15) is 0 Å². The number of hydrogen-bond donors (Lipinski definition) is 0. The van der Waals surface area contributed by atoms with Gasteiger partial charge in [-0.15, -0.1) is 0 Å². The summed E-state index contributed by atoms with van der Waals surface area (Å²) < 4.78 is 5.15. The van der Waals surface area contributed by atoms with Crippen molar-refractivity contribution in [1.29, 1.82) is 0 Å². The van der Waals surface area contributed by atoms with Crippen LogP contribution >= 0.6 is 0 Å². The maximum absolute atomic E-state index is 12.0. The van der Waals surface area contributed by atoms with Crippen LogP contribution < -0.4 is 0 Å². The number of benzene rings is 1. The minimum absolute atomic E-state index is 0.104. The number of rotatable bonds is 3. The van der Waals surface area contributed by atoms with Gasteiger partial charge in [-0.05, 0) is 32.4 Å². The van der Waals surface area contributed by atoms with Crippen LogP contribution in [0.15, 0.2) is 34.9 Å². The van der Waals surface area contributed by atoms with Crippen molar-refractivity contribution in [2.75, 3.05) is 0 Å². The second kappa shape index (κ2) is 4.58. The van der Waals surface area contributed by atoms with Crippen molar-refractivity contribution < 1.29 is 9.21 Å². The van der Waals surface area contributed by atoms with Gasteiger partial charge >= 0.3 is 0 Å². The van der Waals surface area contributed by atoms with E-state index in [1.165, 1.54) is 17.4 Å². The summed E-state index contributed by atoms with van der Waals surface area (Å²) in [4.78, 5) is 12.0. The third-order valence-corrected chi connectivity index (χ3v) is 2.70. The summed E-state index contributed by atoms with van der Waals surface area (Å²) in [6, 6.07) is 8.00. The van der Waals surface area contributed by atoms with Crippen LogP contribution in [0.4, 0.5) is 0 Å². The summed E-state index contributed by atoms with van der Waals surface area (Å²) in [5, 5.41) is 0. The van der Waals surface area contributed by atoms with Gasteiger partial charge in [0.1, 0.15) is 12.0 Å². The lowest BCUT2D eigenvalue weighted by molar-refractivity contribution is 0.0992. The molecule has 0 unspecified atom stereocenters. The molecule has 0 bridgehead atoms. The molecule has 0 saturated heterocycles. The Hall–Kier alpha value is -1.83. The Morgan fingerprint density at radius 3 is 2.24 bits per heavy atom. The highest BCUT2D eigenvalue weighted by molar-refractivity contribution is 5.97. The maximum Gasteiger partial charge on any atom is 0.170 e. The normalized spacial score (nSPS) is 10.5. The maximum atomic E-state index is 12.0. The zero-order chi connectivity index (χ0) is 12.4. The molecule has 1 heterocycles. The first-order chi connectivity index (χ1) is 8.04. The quantitative estimate of drug-likeness (QED) is 0.751. The van der Waals surface area contributed by atoms with Crippen LogP contribution in [-0.2, 0) is 6.42 Å². The predicted molar refractivity (Wildman–Crippen MR) is 67.4 cm³/mol. The zero-order valence-electron chi connectivity index (χ0n) is 10.4. The van der Waals surface area contributed by atoms with E-state index >= 15 is 0 Å². The van der Waals surface area contributed by atoms with E-state index in [0.717, 1.165) is 11.3 Å². The highest BCUT2D eigenvalue weighted by atomic mass is 16.3. The fraction of sp³-hybridized carbons (Fsp3) is 0.267. The molecule has 2 heteroatoms. The lowest BCUT2D eigenvalue weighted by Crippen LogP contribution is -2.02. The molecular formula is C15H16O2. The van der Waals surface area contributed by atoms with Gasteiger partial charge in [0.05, 0.1) is 5.56 Å². The highest BCUT2D eigenvalue weighted by Crippen LogP contribution is 2.14. The van der Waals surface area contributed by atoms with Crippen molar-refractivity contribution in [3.63, 3.8) is 0 Å². The minimum atomic E-state index is 0.104. The first-order valence-electron chi connectivity index (χ1n) is 5.70. The van der Waals surface area contributed by atoms with Gasteiger partial charge in [0.15, 0.2) is 5.78 Å². The SMILES string of the molecule is Cc1cc(C)cc(CC(=O)c2coc(C)c2)c1. The third-order valence-electron chi connectivity index (χ3n) is 2.70. The molecule has 0 saturated carbocycles. The molecule has 2 nitrogen and oxygen atoms in total. The van der Waals surface area contributed by atoms with Gasteiger partial charge in [-0.25, -0.2) is 0 Å². The monoisotopic (exact) mass is 228 g/mol. The van der Waals surface area contributed by atoms with Crippen LogP contribution in [0.2, 0.25) is 0 Å². The molecule has 0 aliphatic rings. The molecule has 0 spiro atoms. The van der Waals surface area contributed by atoms with Crippen molar-refractivity contribution in [2.45, 2.75) is 27.2 Å². The van der Waals surface area contributed by atoms with Gasteiger partial charge < -0.3 is 4.42 Å². The second-order valence-corrected chi connectivity index (χ2v) is 4.54. The highest BCUT2D eigenvalue weighted by Gasteiger charge is 2.10. The van der Waals surface area contributed by atoms with Gasteiger partial charge in [-0.3, -0.25) is 4.79 Å². The molecule has 0 aliphatic heterocycles. The van der Waals surface area contributed by atoms with Gasteiger partial charge in [0.25, 0.3) is 0 Å². The first kappa shape index (κ1) is 11.6. The second-order valence-electron chi connectivity index (χ2n) is 4.54. The standard InChI is InChI=1S/C15H16O2/c1-10-4-11(2)6-13(5-10)8-15(16)14-7-12(3)17-9-14/h4-7,9H,8H2,1-3H3. The average Bonchev–Trinajstić information content (AvgIpc) is 2.63. The van der Waals surface area contributed by atoms with Crippen molar-refractivity contribution in [3.05, 3.63) is 58.5 Å². The van der Waals surface area contributed by atoms with Gasteiger partial charge in [0.2, 0.25) is 0 Å². The van der Waals surface area contributed by atoms with Crippen LogP contribution in [-0.4, -0.2) is 5.78 Å². The molecule has 0 aliphatic carbocycles.